The average Bonchev–Trinajstić information content (AvgIpc) is 2.75. The lowest BCUT2D eigenvalue weighted by Gasteiger charge is -2.02. The number of rotatable bonds is 1. The summed E-state index contributed by atoms with van der Waals surface area (Å²) >= 11 is 5.02. The Labute approximate surface area is 105 Å². The molecular weight excluding hydrogens is 284 g/mol. The molecular formula is C12H7BrN2S. The van der Waals surface area contributed by atoms with Crippen molar-refractivity contribution in [3.63, 3.8) is 0 Å². The normalized spacial score (nSPS) is 10.8. The highest BCUT2D eigenvalue weighted by Gasteiger charge is 2.06. The lowest BCUT2D eigenvalue weighted by Crippen LogP contribution is -1.81. The fourth-order valence-corrected chi connectivity index (χ4v) is 2.98. The van der Waals surface area contributed by atoms with Gasteiger partial charge in [0.1, 0.15) is 9.61 Å². The minimum absolute atomic E-state index is 0.888. The standard InChI is InChI=1S/C12H7BrN2S/c13-11-7-16-12(15-11)10-3-1-2-8-6-14-5-4-9(8)10/h1-7H. The molecule has 0 radical (unpaired) electrons. The van der Waals surface area contributed by atoms with Crippen LogP contribution < -0.4 is 0 Å². The summed E-state index contributed by atoms with van der Waals surface area (Å²) in [6.07, 6.45) is 3.69. The second-order valence-corrected chi connectivity index (χ2v) is 5.05. The lowest BCUT2D eigenvalue weighted by atomic mass is 10.1. The van der Waals surface area contributed by atoms with Gasteiger partial charge in [-0.05, 0) is 27.4 Å². The molecule has 78 valence electrons. The van der Waals surface area contributed by atoms with Crippen molar-refractivity contribution in [1.82, 2.24) is 9.97 Å². The maximum absolute atomic E-state index is 4.45. The quantitative estimate of drug-likeness (QED) is 0.674. The van der Waals surface area contributed by atoms with E-state index < -0.39 is 0 Å². The van der Waals surface area contributed by atoms with Gasteiger partial charge in [-0.2, -0.15) is 0 Å². The van der Waals surface area contributed by atoms with Crippen molar-refractivity contribution in [1.29, 1.82) is 0 Å². The molecule has 0 amide bonds. The van der Waals surface area contributed by atoms with E-state index in [4.69, 9.17) is 0 Å². The van der Waals surface area contributed by atoms with Crippen LogP contribution in [-0.4, -0.2) is 9.97 Å². The summed E-state index contributed by atoms with van der Waals surface area (Å²) in [5.41, 5.74) is 1.16. The largest absolute Gasteiger partial charge is 0.264 e. The van der Waals surface area contributed by atoms with E-state index in [0.717, 1.165) is 20.6 Å². The van der Waals surface area contributed by atoms with Crippen LogP contribution in [0.3, 0.4) is 0 Å². The van der Waals surface area contributed by atoms with Gasteiger partial charge in [0.15, 0.2) is 0 Å². The highest BCUT2D eigenvalue weighted by molar-refractivity contribution is 9.10. The Hall–Kier alpha value is -1.26. The van der Waals surface area contributed by atoms with Gasteiger partial charge in [-0.3, -0.25) is 4.98 Å². The fraction of sp³-hybridized carbons (Fsp3) is 0. The third-order valence-electron chi connectivity index (χ3n) is 2.39. The first-order chi connectivity index (χ1) is 7.84. The first-order valence-corrected chi connectivity index (χ1v) is 6.46. The number of hydrogen-bond donors (Lipinski definition) is 0. The first kappa shape index (κ1) is 9.93. The molecule has 0 bridgehead atoms. The van der Waals surface area contributed by atoms with E-state index in [1.807, 2.05) is 29.9 Å². The van der Waals surface area contributed by atoms with Crippen LogP contribution in [0.15, 0.2) is 46.6 Å². The van der Waals surface area contributed by atoms with Crippen molar-refractivity contribution in [3.8, 4) is 10.6 Å². The summed E-state index contributed by atoms with van der Waals surface area (Å²) in [4.78, 5) is 8.57. The Morgan fingerprint density at radius 3 is 2.94 bits per heavy atom. The number of fused-ring (bicyclic) bond motifs is 1. The van der Waals surface area contributed by atoms with Crippen LogP contribution >= 0.6 is 27.3 Å². The Morgan fingerprint density at radius 2 is 2.12 bits per heavy atom. The van der Waals surface area contributed by atoms with Gasteiger partial charge in [0.05, 0.1) is 0 Å². The zero-order valence-corrected chi connectivity index (χ0v) is 10.6. The number of hydrogen-bond acceptors (Lipinski definition) is 3. The van der Waals surface area contributed by atoms with Gasteiger partial charge in [-0.25, -0.2) is 4.98 Å². The molecule has 3 aromatic rings. The maximum atomic E-state index is 4.45. The van der Waals surface area contributed by atoms with Crippen molar-refractivity contribution >= 4 is 38.0 Å². The molecule has 0 atom stereocenters. The van der Waals surface area contributed by atoms with E-state index in [9.17, 15) is 0 Å². The van der Waals surface area contributed by atoms with E-state index >= 15 is 0 Å². The van der Waals surface area contributed by atoms with Crippen molar-refractivity contribution in [2.45, 2.75) is 0 Å². The number of benzene rings is 1. The molecule has 0 N–H and O–H groups in total. The Kier molecular flexibility index (Phi) is 2.46. The van der Waals surface area contributed by atoms with Crippen LogP contribution in [0.2, 0.25) is 0 Å². The van der Waals surface area contributed by atoms with E-state index in [1.165, 1.54) is 5.39 Å². The molecule has 0 unspecified atom stereocenters. The van der Waals surface area contributed by atoms with Gasteiger partial charge in [-0.1, -0.05) is 18.2 Å². The number of halogens is 1. The molecule has 2 nitrogen and oxygen atoms in total. The number of pyridine rings is 1. The van der Waals surface area contributed by atoms with Crippen molar-refractivity contribution in [2.24, 2.45) is 0 Å². The Morgan fingerprint density at radius 1 is 1.19 bits per heavy atom. The molecule has 1 aromatic carbocycles. The summed E-state index contributed by atoms with van der Waals surface area (Å²) in [6.45, 7) is 0. The average molecular weight is 291 g/mol. The molecule has 0 aliphatic heterocycles. The summed E-state index contributed by atoms with van der Waals surface area (Å²) in [5.74, 6) is 0. The SMILES string of the molecule is Brc1csc(-c2cccc3cnccc23)n1. The molecule has 0 fully saturated rings. The minimum Gasteiger partial charge on any atom is -0.264 e. The maximum Gasteiger partial charge on any atom is 0.125 e. The number of thiazole rings is 1. The minimum atomic E-state index is 0.888. The first-order valence-electron chi connectivity index (χ1n) is 4.79. The molecule has 0 aliphatic carbocycles. The molecule has 2 aromatic heterocycles. The van der Waals surface area contributed by atoms with Crippen LogP contribution in [0.25, 0.3) is 21.3 Å². The van der Waals surface area contributed by atoms with Crippen LogP contribution in [0.5, 0.6) is 0 Å². The van der Waals surface area contributed by atoms with Gasteiger partial charge in [0, 0.05) is 28.7 Å². The predicted octanol–water partition coefficient (Wildman–Crippen LogP) is 4.12. The summed E-state index contributed by atoms with van der Waals surface area (Å²) in [7, 11) is 0. The van der Waals surface area contributed by atoms with E-state index in [2.05, 4.69) is 38.0 Å². The van der Waals surface area contributed by atoms with E-state index in [0.29, 0.717) is 0 Å². The van der Waals surface area contributed by atoms with Gasteiger partial charge in [-0.15, -0.1) is 11.3 Å². The molecule has 3 rings (SSSR count). The molecule has 0 saturated heterocycles. The number of aromatic nitrogens is 2. The molecule has 2 heterocycles. The van der Waals surface area contributed by atoms with Gasteiger partial charge < -0.3 is 0 Å². The molecule has 4 heteroatoms. The molecule has 0 aliphatic rings. The smallest absolute Gasteiger partial charge is 0.125 e. The Bertz CT molecular complexity index is 643. The van der Waals surface area contributed by atoms with Crippen molar-refractivity contribution in [2.75, 3.05) is 0 Å². The van der Waals surface area contributed by atoms with Crippen molar-refractivity contribution < 1.29 is 0 Å². The van der Waals surface area contributed by atoms with Gasteiger partial charge >= 0.3 is 0 Å². The summed E-state index contributed by atoms with van der Waals surface area (Å²) in [6, 6.07) is 8.22. The lowest BCUT2D eigenvalue weighted by molar-refractivity contribution is 1.35. The third kappa shape index (κ3) is 1.64. The van der Waals surface area contributed by atoms with Gasteiger partial charge in [0.2, 0.25) is 0 Å². The van der Waals surface area contributed by atoms with Crippen molar-refractivity contribution in [3.05, 3.63) is 46.6 Å². The summed E-state index contributed by atoms with van der Waals surface area (Å²) < 4.78 is 0.888. The Balaban J connectivity index is 2.31. The monoisotopic (exact) mass is 290 g/mol. The molecule has 16 heavy (non-hydrogen) atoms. The van der Waals surface area contributed by atoms with E-state index in [-0.39, 0.29) is 0 Å². The zero-order chi connectivity index (χ0) is 11.0. The highest BCUT2D eigenvalue weighted by atomic mass is 79.9. The van der Waals surface area contributed by atoms with Crippen LogP contribution in [0.1, 0.15) is 0 Å². The summed E-state index contributed by atoms with van der Waals surface area (Å²) in [5, 5.41) is 5.37. The third-order valence-corrected chi connectivity index (χ3v) is 3.97. The van der Waals surface area contributed by atoms with E-state index in [1.54, 1.807) is 11.3 Å². The second-order valence-electron chi connectivity index (χ2n) is 3.38. The number of nitrogens with zero attached hydrogens (tertiary/aromatic N) is 2. The predicted molar refractivity (Wildman–Crippen MR) is 70.6 cm³/mol. The van der Waals surface area contributed by atoms with Crippen LogP contribution in [-0.2, 0) is 0 Å². The van der Waals surface area contributed by atoms with Crippen LogP contribution in [0, 0.1) is 0 Å². The second kappa shape index (κ2) is 3.96. The van der Waals surface area contributed by atoms with Gasteiger partial charge in [0.25, 0.3) is 0 Å². The van der Waals surface area contributed by atoms with Crippen LogP contribution in [0.4, 0.5) is 0 Å². The molecule has 0 spiro atoms. The fourth-order valence-electron chi connectivity index (χ4n) is 1.69. The topological polar surface area (TPSA) is 25.8 Å². The highest BCUT2D eigenvalue weighted by Crippen LogP contribution is 2.31. The molecule has 0 saturated carbocycles. The zero-order valence-electron chi connectivity index (χ0n) is 8.22.